The van der Waals surface area contributed by atoms with Crippen molar-refractivity contribution < 1.29 is 14.3 Å². The van der Waals surface area contributed by atoms with Gasteiger partial charge in [0.2, 0.25) is 0 Å². The zero-order chi connectivity index (χ0) is 17.7. The average molecular weight is 349 g/mol. The number of methoxy groups -OCH3 is 2. The first-order valence-electron chi connectivity index (χ1n) is 7.50. The Bertz CT molecular complexity index is 734. The number of amides is 2. The fourth-order valence-electron chi connectivity index (χ4n) is 2.35. The van der Waals surface area contributed by atoms with Gasteiger partial charge in [0, 0.05) is 16.3 Å². The Morgan fingerprint density at radius 2 is 1.92 bits per heavy atom. The van der Waals surface area contributed by atoms with E-state index < -0.39 is 0 Å². The molecule has 0 aromatic heterocycles. The van der Waals surface area contributed by atoms with Gasteiger partial charge in [-0.2, -0.15) is 0 Å². The lowest BCUT2D eigenvalue weighted by Gasteiger charge is -2.19. The Kier molecular flexibility index (Phi) is 5.93. The molecule has 0 bridgehead atoms. The quantitative estimate of drug-likeness (QED) is 0.833. The lowest BCUT2D eigenvalue weighted by atomic mass is 10.1. The van der Waals surface area contributed by atoms with Crippen molar-refractivity contribution in [3.63, 3.8) is 0 Å². The van der Waals surface area contributed by atoms with Crippen molar-refractivity contribution in [1.82, 2.24) is 5.32 Å². The zero-order valence-corrected chi connectivity index (χ0v) is 14.9. The van der Waals surface area contributed by atoms with E-state index in [0.29, 0.717) is 22.2 Å². The van der Waals surface area contributed by atoms with Crippen molar-refractivity contribution in [2.75, 3.05) is 19.5 Å². The molecule has 1 atom stereocenters. The van der Waals surface area contributed by atoms with Crippen molar-refractivity contribution in [3.05, 3.63) is 52.5 Å². The average Bonchev–Trinajstić information content (AvgIpc) is 2.58. The SMILES string of the molecule is COc1ccc(OC)c([C@H](C)NC(=O)Nc2cccc(Cl)c2C)c1. The van der Waals surface area contributed by atoms with Gasteiger partial charge in [-0.15, -0.1) is 0 Å². The Morgan fingerprint density at radius 1 is 1.17 bits per heavy atom. The van der Waals surface area contributed by atoms with E-state index in [-0.39, 0.29) is 12.1 Å². The highest BCUT2D eigenvalue weighted by Crippen LogP contribution is 2.29. The zero-order valence-electron chi connectivity index (χ0n) is 14.1. The maximum absolute atomic E-state index is 12.3. The molecule has 0 spiro atoms. The molecule has 2 N–H and O–H groups in total. The van der Waals surface area contributed by atoms with Crippen LogP contribution < -0.4 is 20.1 Å². The van der Waals surface area contributed by atoms with E-state index >= 15 is 0 Å². The maximum atomic E-state index is 12.3. The van der Waals surface area contributed by atoms with Crippen LogP contribution >= 0.6 is 11.6 Å². The topological polar surface area (TPSA) is 59.6 Å². The number of carbonyl (C=O) groups excluding carboxylic acids is 1. The standard InChI is InChI=1S/C18H21ClN2O3/c1-11-15(19)6-5-7-16(11)21-18(22)20-12(2)14-10-13(23-3)8-9-17(14)24-4/h5-10,12H,1-4H3,(H2,20,21,22)/t12-/m0/s1. The number of hydrogen-bond donors (Lipinski definition) is 2. The Morgan fingerprint density at radius 3 is 2.58 bits per heavy atom. The van der Waals surface area contributed by atoms with Crippen LogP contribution in [0, 0.1) is 6.92 Å². The summed E-state index contributed by atoms with van der Waals surface area (Å²) in [4.78, 5) is 12.3. The Balaban J connectivity index is 2.13. The van der Waals surface area contributed by atoms with Gasteiger partial charge in [-0.25, -0.2) is 4.79 Å². The van der Waals surface area contributed by atoms with Crippen molar-refractivity contribution in [2.24, 2.45) is 0 Å². The van der Waals surface area contributed by atoms with Gasteiger partial charge in [0.25, 0.3) is 0 Å². The summed E-state index contributed by atoms with van der Waals surface area (Å²) in [6.45, 7) is 3.73. The first-order valence-corrected chi connectivity index (χ1v) is 7.88. The lowest BCUT2D eigenvalue weighted by Crippen LogP contribution is -2.31. The summed E-state index contributed by atoms with van der Waals surface area (Å²) in [5, 5.41) is 6.31. The van der Waals surface area contributed by atoms with Gasteiger partial charge in [-0.3, -0.25) is 0 Å². The molecule has 0 fully saturated rings. The molecule has 0 unspecified atom stereocenters. The predicted molar refractivity (Wildman–Crippen MR) is 96.3 cm³/mol. The van der Waals surface area contributed by atoms with Crippen molar-refractivity contribution in [3.8, 4) is 11.5 Å². The summed E-state index contributed by atoms with van der Waals surface area (Å²) in [7, 11) is 3.19. The highest BCUT2D eigenvalue weighted by atomic mass is 35.5. The third-order valence-corrected chi connectivity index (χ3v) is 4.18. The van der Waals surface area contributed by atoms with E-state index in [9.17, 15) is 4.79 Å². The van der Waals surface area contributed by atoms with Crippen molar-refractivity contribution in [1.29, 1.82) is 0 Å². The lowest BCUT2D eigenvalue weighted by molar-refractivity contribution is 0.249. The molecule has 2 aromatic rings. The summed E-state index contributed by atoms with van der Waals surface area (Å²) >= 11 is 6.07. The first kappa shape index (κ1) is 17.9. The number of hydrogen-bond acceptors (Lipinski definition) is 3. The number of urea groups is 1. The van der Waals surface area contributed by atoms with E-state index in [0.717, 1.165) is 11.1 Å². The smallest absolute Gasteiger partial charge is 0.319 e. The van der Waals surface area contributed by atoms with Crippen LogP contribution in [0.5, 0.6) is 11.5 Å². The normalized spacial score (nSPS) is 11.5. The molecular formula is C18H21ClN2O3. The fourth-order valence-corrected chi connectivity index (χ4v) is 2.53. The van der Waals surface area contributed by atoms with Gasteiger partial charge < -0.3 is 20.1 Å². The molecule has 0 aliphatic heterocycles. The van der Waals surface area contributed by atoms with Gasteiger partial charge in [-0.1, -0.05) is 17.7 Å². The number of rotatable bonds is 5. The fraction of sp³-hybridized carbons (Fsp3) is 0.278. The van der Waals surface area contributed by atoms with Crippen LogP contribution in [0.15, 0.2) is 36.4 Å². The predicted octanol–water partition coefficient (Wildman–Crippen LogP) is 4.55. The second kappa shape index (κ2) is 7.93. The Hall–Kier alpha value is -2.40. The minimum Gasteiger partial charge on any atom is -0.497 e. The molecule has 2 rings (SSSR count). The highest BCUT2D eigenvalue weighted by Gasteiger charge is 2.16. The highest BCUT2D eigenvalue weighted by molar-refractivity contribution is 6.31. The number of ether oxygens (including phenoxy) is 2. The van der Waals surface area contributed by atoms with E-state index in [2.05, 4.69) is 10.6 Å². The van der Waals surface area contributed by atoms with Crippen molar-refractivity contribution >= 4 is 23.3 Å². The third-order valence-electron chi connectivity index (χ3n) is 3.77. The number of nitrogens with one attached hydrogen (secondary N) is 2. The van der Waals surface area contributed by atoms with E-state index in [1.165, 1.54) is 0 Å². The van der Waals surface area contributed by atoms with Gasteiger partial charge in [0.05, 0.1) is 20.3 Å². The summed E-state index contributed by atoms with van der Waals surface area (Å²) in [5.41, 5.74) is 2.32. The van der Waals surface area contributed by atoms with Crippen LogP contribution in [-0.4, -0.2) is 20.3 Å². The molecule has 5 nitrogen and oxygen atoms in total. The van der Waals surface area contributed by atoms with Crippen LogP contribution in [-0.2, 0) is 0 Å². The second-order valence-corrected chi connectivity index (χ2v) is 5.75. The molecule has 0 aliphatic carbocycles. The molecule has 0 aliphatic rings. The van der Waals surface area contributed by atoms with Gasteiger partial charge in [0.1, 0.15) is 11.5 Å². The summed E-state index contributed by atoms with van der Waals surface area (Å²) in [5.74, 6) is 1.38. The van der Waals surface area contributed by atoms with E-state index in [4.69, 9.17) is 21.1 Å². The Labute approximate surface area is 146 Å². The van der Waals surface area contributed by atoms with Crippen LogP contribution in [0.4, 0.5) is 10.5 Å². The monoisotopic (exact) mass is 348 g/mol. The van der Waals surface area contributed by atoms with Gasteiger partial charge in [-0.05, 0) is 49.7 Å². The van der Waals surface area contributed by atoms with Crippen molar-refractivity contribution in [2.45, 2.75) is 19.9 Å². The van der Waals surface area contributed by atoms with Gasteiger partial charge in [0.15, 0.2) is 0 Å². The molecule has 24 heavy (non-hydrogen) atoms. The molecule has 0 saturated carbocycles. The van der Waals surface area contributed by atoms with Crippen LogP contribution in [0.25, 0.3) is 0 Å². The molecular weight excluding hydrogens is 328 g/mol. The molecule has 2 aromatic carbocycles. The molecule has 128 valence electrons. The minimum atomic E-state index is -0.322. The molecule has 0 radical (unpaired) electrons. The largest absolute Gasteiger partial charge is 0.497 e. The van der Waals surface area contributed by atoms with Crippen LogP contribution in [0.1, 0.15) is 24.1 Å². The van der Waals surface area contributed by atoms with Crippen LogP contribution in [0.3, 0.4) is 0 Å². The van der Waals surface area contributed by atoms with E-state index in [1.54, 1.807) is 32.4 Å². The third kappa shape index (κ3) is 4.11. The summed E-state index contributed by atoms with van der Waals surface area (Å²) < 4.78 is 10.6. The molecule has 2 amide bonds. The first-order chi connectivity index (χ1) is 11.5. The maximum Gasteiger partial charge on any atom is 0.319 e. The van der Waals surface area contributed by atoms with Gasteiger partial charge >= 0.3 is 6.03 Å². The number of carbonyl (C=O) groups is 1. The number of halogens is 1. The molecule has 0 heterocycles. The second-order valence-electron chi connectivity index (χ2n) is 5.34. The minimum absolute atomic E-state index is 0.269. The summed E-state index contributed by atoms with van der Waals surface area (Å²) in [6.07, 6.45) is 0. The number of anilines is 1. The molecule has 6 heteroatoms. The van der Waals surface area contributed by atoms with Crippen LogP contribution in [0.2, 0.25) is 5.02 Å². The molecule has 0 saturated heterocycles. The van der Waals surface area contributed by atoms with E-state index in [1.807, 2.05) is 32.0 Å². The summed E-state index contributed by atoms with van der Waals surface area (Å²) in [6, 6.07) is 10.2. The number of benzene rings is 2.